The summed E-state index contributed by atoms with van der Waals surface area (Å²) in [5.41, 5.74) is 0. The van der Waals surface area contributed by atoms with E-state index in [-0.39, 0.29) is 0 Å². The minimum absolute atomic E-state index is 0.912. The number of hydroxylamine groups is 2. The Morgan fingerprint density at radius 2 is 2.57 bits per heavy atom. The van der Waals surface area contributed by atoms with Crippen molar-refractivity contribution in [3.63, 3.8) is 0 Å². The van der Waals surface area contributed by atoms with Crippen LogP contribution >= 0.6 is 0 Å². The maximum absolute atomic E-state index is 5.27. The zero-order valence-electron chi connectivity index (χ0n) is 4.31. The van der Waals surface area contributed by atoms with Crippen LogP contribution in [0.3, 0.4) is 0 Å². The van der Waals surface area contributed by atoms with Gasteiger partial charge in [0.15, 0.2) is 0 Å². The molecule has 2 heteroatoms. The highest BCUT2D eigenvalue weighted by atomic mass is 16.7. The molecule has 0 aliphatic carbocycles. The molecular formula is C5H10NO+. The summed E-state index contributed by atoms with van der Waals surface area (Å²) in [6.07, 6.45) is 1.40. The first-order chi connectivity index (χ1) is 3.45. The topological polar surface area (TPSA) is 13.7 Å². The van der Waals surface area contributed by atoms with Gasteiger partial charge in [0.2, 0.25) is 0 Å². The molecule has 2 atom stereocenters. The minimum atomic E-state index is 0.912. The molecule has 0 aromatic carbocycles. The van der Waals surface area contributed by atoms with Crippen molar-refractivity contribution < 1.29 is 9.90 Å². The summed E-state index contributed by atoms with van der Waals surface area (Å²) in [6, 6.07) is 0. The van der Waals surface area contributed by atoms with E-state index < -0.39 is 0 Å². The second-order valence-electron chi connectivity index (χ2n) is 2.46. The summed E-state index contributed by atoms with van der Waals surface area (Å²) >= 11 is 0. The SMILES string of the molecule is C1C[NH+]2CC1CO2. The van der Waals surface area contributed by atoms with Crippen LogP contribution in [0.4, 0.5) is 0 Å². The van der Waals surface area contributed by atoms with Crippen LogP contribution in [-0.2, 0) is 4.84 Å². The normalized spacial score (nSPS) is 48.0. The highest BCUT2D eigenvalue weighted by molar-refractivity contribution is 4.62. The van der Waals surface area contributed by atoms with E-state index in [1.807, 2.05) is 0 Å². The van der Waals surface area contributed by atoms with E-state index in [2.05, 4.69) is 0 Å². The first kappa shape index (κ1) is 3.87. The predicted octanol–water partition coefficient (Wildman–Crippen LogP) is -1.16. The first-order valence-electron chi connectivity index (χ1n) is 2.92. The van der Waals surface area contributed by atoms with Gasteiger partial charge in [-0.2, -0.15) is 5.06 Å². The van der Waals surface area contributed by atoms with Gasteiger partial charge >= 0.3 is 0 Å². The van der Waals surface area contributed by atoms with Gasteiger partial charge in [-0.1, -0.05) is 0 Å². The van der Waals surface area contributed by atoms with Gasteiger partial charge in [0.1, 0.15) is 19.7 Å². The van der Waals surface area contributed by atoms with E-state index in [4.69, 9.17) is 4.84 Å². The minimum Gasteiger partial charge on any atom is -0.204 e. The highest BCUT2D eigenvalue weighted by Crippen LogP contribution is 2.07. The molecule has 2 saturated heterocycles. The number of rotatable bonds is 0. The number of hydrogen-bond acceptors (Lipinski definition) is 1. The molecule has 0 aromatic heterocycles. The second kappa shape index (κ2) is 1.20. The second-order valence-corrected chi connectivity index (χ2v) is 2.46. The molecule has 0 spiro atoms. The van der Waals surface area contributed by atoms with E-state index >= 15 is 0 Å². The highest BCUT2D eigenvalue weighted by Gasteiger charge is 2.35. The Labute approximate surface area is 43.0 Å². The van der Waals surface area contributed by atoms with Crippen LogP contribution in [0.15, 0.2) is 0 Å². The van der Waals surface area contributed by atoms with Crippen molar-refractivity contribution in [1.29, 1.82) is 0 Å². The van der Waals surface area contributed by atoms with Gasteiger partial charge in [-0.05, 0) is 0 Å². The standard InChI is InChI=1S/C5H9NO/c1-2-6-3-5(1)4-7-6/h5H,1-4H2/p+1. The average Bonchev–Trinajstić information content (AvgIpc) is 2.22. The molecule has 2 aliphatic heterocycles. The van der Waals surface area contributed by atoms with Crippen LogP contribution in [0.2, 0.25) is 0 Å². The average molecular weight is 100 g/mol. The molecule has 7 heavy (non-hydrogen) atoms. The van der Waals surface area contributed by atoms with E-state index in [0.29, 0.717) is 0 Å². The van der Waals surface area contributed by atoms with Crippen LogP contribution < -0.4 is 5.06 Å². The van der Waals surface area contributed by atoms with Crippen molar-refractivity contribution in [2.24, 2.45) is 5.92 Å². The van der Waals surface area contributed by atoms with E-state index in [1.165, 1.54) is 24.6 Å². The molecule has 0 saturated carbocycles. The van der Waals surface area contributed by atoms with E-state index in [9.17, 15) is 0 Å². The van der Waals surface area contributed by atoms with Crippen LogP contribution in [0.1, 0.15) is 6.42 Å². The first-order valence-corrected chi connectivity index (χ1v) is 2.92. The monoisotopic (exact) mass is 100 g/mol. The maximum atomic E-state index is 5.27. The zero-order chi connectivity index (χ0) is 4.69. The lowest BCUT2D eigenvalue weighted by molar-refractivity contribution is -1.07. The smallest absolute Gasteiger partial charge is 0.115 e. The van der Waals surface area contributed by atoms with E-state index in [1.54, 1.807) is 0 Å². The molecule has 2 nitrogen and oxygen atoms in total. The molecular weight excluding hydrogens is 90.1 g/mol. The van der Waals surface area contributed by atoms with Gasteiger partial charge in [-0.15, -0.1) is 0 Å². The molecule has 2 unspecified atom stereocenters. The summed E-state index contributed by atoms with van der Waals surface area (Å²) in [4.78, 5) is 5.27. The zero-order valence-corrected chi connectivity index (χ0v) is 4.31. The fraction of sp³-hybridized carbons (Fsp3) is 1.00. The molecule has 1 N–H and O–H groups in total. The third-order valence-electron chi connectivity index (χ3n) is 1.87. The maximum Gasteiger partial charge on any atom is 0.115 e. The van der Waals surface area contributed by atoms with Crippen LogP contribution in [0.5, 0.6) is 0 Å². The number of nitrogens with one attached hydrogen (secondary N) is 1. The largest absolute Gasteiger partial charge is 0.204 e. The van der Waals surface area contributed by atoms with Crippen LogP contribution in [0, 0.1) is 5.92 Å². The molecule has 2 fully saturated rings. The van der Waals surface area contributed by atoms with Gasteiger partial charge in [0.05, 0.1) is 0 Å². The van der Waals surface area contributed by atoms with Gasteiger partial charge in [0.25, 0.3) is 0 Å². The molecule has 2 aliphatic rings. The van der Waals surface area contributed by atoms with Crippen LogP contribution in [-0.4, -0.2) is 19.7 Å². The van der Waals surface area contributed by atoms with Crippen molar-refractivity contribution in [2.45, 2.75) is 6.42 Å². The molecule has 0 amide bonds. The fourth-order valence-corrected chi connectivity index (χ4v) is 1.40. The Balaban J connectivity index is 2.12. The Morgan fingerprint density at radius 3 is 2.71 bits per heavy atom. The van der Waals surface area contributed by atoms with Gasteiger partial charge in [-0.25, -0.2) is 4.84 Å². The van der Waals surface area contributed by atoms with Crippen molar-refractivity contribution in [1.82, 2.24) is 0 Å². The fourth-order valence-electron chi connectivity index (χ4n) is 1.40. The predicted molar refractivity (Wildman–Crippen MR) is 24.8 cm³/mol. The Kier molecular flexibility index (Phi) is 0.664. The molecule has 2 bridgehead atoms. The summed E-state index contributed by atoms with van der Waals surface area (Å²) in [5.74, 6) is 0.912. The molecule has 40 valence electrons. The van der Waals surface area contributed by atoms with Crippen molar-refractivity contribution >= 4 is 0 Å². The summed E-state index contributed by atoms with van der Waals surface area (Å²) in [7, 11) is 0. The Hall–Kier alpha value is -0.0800. The molecule has 2 heterocycles. The van der Waals surface area contributed by atoms with Crippen molar-refractivity contribution in [3.05, 3.63) is 0 Å². The third kappa shape index (κ3) is 0.469. The number of fused-ring (bicyclic) bond motifs is 2. The van der Waals surface area contributed by atoms with Crippen molar-refractivity contribution in [3.8, 4) is 0 Å². The number of quaternary nitrogens is 1. The summed E-state index contributed by atoms with van der Waals surface area (Å²) in [6.45, 7) is 3.56. The number of hydrogen-bond donors (Lipinski definition) is 1. The lowest BCUT2D eigenvalue weighted by atomic mass is 10.1. The molecule has 2 rings (SSSR count). The van der Waals surface area contributed by atoms with Crippen LogP contribution in [0.25, 0.3) is 0 Å². The van der Waals surface area contributed by atoms with Gasteiger partial charge in [0, 0.05) is 12.3 Å². The van der Waals surface area contributed by atoms with Crippen molar-refractivity contribution in [2.75, 3.05) is 19.7 Å². The lowest BCUT2D eigenvalue weighted by Crippen LogP contribution is -3.07. The van der Waals surface area contributed by atoms with Gasteiger partial charge in [-0.3, -0.25) is 0 Å². The summed E-state index contributed by atoms with van der Waals surface area (Å²) < 4.78 is 0. The van der Waals surface area contributed by atoms with E-state index in [0.717, 1.165) is 12.5 Å². The Bertz CT molecular complexity index is 66.1. The quantitative estimate of drug-likeness (QED) is 0.405. The lowest BCUT2D eigenvalue weighted by Gasteiger charge is -2.05. The molecule has 0 radical (unpaired) electrons. The third-order valence-corrected chi connectivity index (χ3v) is 1.87. The Morgan fingerprint density at radius 1 is 1.57 bits per heavy atom. The van der Waals surface area contributed by atoms with Gasteiger partial charge < -0.3 is 0 Å². The summed E-state index contributed by atoms with van der Waals surface area (Å²) in [5, 5.41) is 1.37. The molecule has 0 aromatic rings.